The molecule has 31 heavy (non-hydrogen) atoms. The lowest BCUT2D eigenvalue weighted by Crippen LogP contribution is -2.14. The molecule has 0 radical (unpaired) electrons. The number of nitrogens with zero attached hydrogens (tertiary/aromatic N) is 1. The molecule has 0 saturated heterocycles. The number of aromatic nitrogens is 1. The van der Waals surface area contributed by atoms with Gasteiger partial charge in [0.1, 0.15) is 9.71 Å². The van der Waals surface area contributed by atoms with Crippen LogP contribution in [0.4, 0.5) is 11.4 Å². The predicted molar refractivity (Wildman–Crippen MR) is 124 cm³/mol. The number of nitrogens with one attached hydrogen (secondary N) is 1. The van der Waals surface area contributed by atoms with Crippen LogP contribution in [0.5, 0.6) is 17.2 Å². The first kappa shape index (κ1) is 21.2. The van der Waals surface area contributed by atoms with Gasteiger partial charge in [0, 0.05) is 28.9 Å². The van der Waals surface area contributed by atoms with Gasteiger partial charge < -0.3 is 25.3 Å². The van der Waals surface area contributed by atoms with Crippen LogP contribution in [-0.2, 0) is 12.8 Å². The number of amides is 1. The number of hydrogen-bond acceptors (Lipinski definition) is 7. The van der Waals surface area contributed by atoms with E-state index in [4.69, 9.17) is 24.9 Å². The van der Waals surface area contributed by atoms with Crippen LogP contribution in [0.2, 0.25) is 0 Å². The third-order valence-electron chi connectivity index (χ3n) is 5.89. The van der Waals surface area contributed by atoms with Crippen molar-refractivity contribution in [2.75, 3.05) is 32.4 Å². The Morgan fingerprint density at radius 2 is 1.90 bits per heavy atom. The smallest absolute Gasteiger partial charge is 0.267 e. The number of aryl methyl sites for hydroxylation is 1. The number of fused-ring (bicyclic) bond motifs is 2. The van der Waals surface area contributed by atoms with E-state index >= 15 is 0 Å². The second kappa shape index (κ2) is 8.63. The van der Waals surface area contributed by atoms with Gasteiger partial charge in [-0.1, -0.05) is 13.3 Å². The van der Waals surface area contributed by atoms with Gasteiger partial charge in [-0.15, -0.1) is 11.3 Å². The minimum Gasteiger partial charge on any atom is -0.493 e. The Morgan fingerprint density at radius 1 is 1.19 bits per heavy atom. The molecule has 2 aromatic heterocycles. The van der Waals surface area contributed by atoms with Crippen molar-refractivity contribution < 1.29 is 19.0 Å². The highest BCUT2D eigenvalue weighted by Gasteiger charge is 2.24. The zero-order chi connectivity index (χ0) is 22.1. The fraction of sp³-hybridized carbons (Fsp3) is 0.391. The standard InChI is InChI=1S/C23H27N3O4S/c1-5-12-6-7-16-13(8-12)9-15-19(24)21(31-23(15)26-16)22(27)25-14-10-17(28-2)20(30-4)18(11-14)29-3/h9-12H,5-8,24H2,1-4H3,(H,25,27)/t12-/m1/s1. The summed E-state index contributed by atoms with van der Waals surface area (Å²) in [4.78, 5) is 19.1. The topological polar surface area (TPSA) is 95.7 Å². The predicted octanol–water partition coefficient (Wildman–Crippen LogP) is 4.67. The van der Waals surface area contributed by atoms with Crippen molar-refractivity contribution in [2.24, 2.45) is 5.92 Å². The third-order valence-corrected chi connectivity index (χ3v) is 7.01. The summed E-state index contributed by atoms with van der Waals surface area (Å²) >= 11 is 1.32. The Kier molecular flexibility index (Phi) is 5.91. The first-order valence-corrected chi connectivity index (χ1v) is 11.1. The first-order chi connectivity index (χ1) is 15.0. The van der Waals surface area contributed by atoms with E-state index in [0.717, 1.165) is 35.2 Å². The van der Waals surface area contributed by atoms with E-state index in [9.17, 15) is 4.79 Å². The molecule has 3 N–H and O–H groups in total. The lowest BCUT2D eigenvalue weighted by molar-refractivity contribution is 0.103. The molecule has 2 heterocycles. The summed E-state index contributed by atoms with van der Waals surface area (Å²) in [6.07, 6.45) is 4.34. The molecule has 0 fully saturated rings. The summed E-state index contributed by atoms with van der Waals surface area (Å²) in [5, 5.41) is 3.75. The first-order valence-electron chi connectivity index (χ1n) is 10.3. The number of hydrogen-bond donors (Lipinski definition) is 2. The Hall–Kier alpha value is -3.00. The number of benzene rings is 1. The van der Waals surface area contributed by atoms with Gasteiger partial charge in [0.05, 0.1) is 27.0 Å². The maximum atomic E-state index is 13.1. The van der Waals surface area contributed by atoms with E-state index in [2.05, 4.69) is 18.3 Å². The number of thiophene rings is 1. The van der Waals surface area contributed by atoms with Crippen molar-refractivity contribution in [1.82, 2.24) is 4.98 Å². The minimum atomic E-state index is -0.292. The molecule has 0 aliphatic heterocycles. The van der Waals surface area contributed by atoms with Crippen molar-refractivity contribution in [3.63, 3.8) is 0 Å². The summed E-state index contributed by atoms with van der Waals surface area (Å²) in [6.45, 7) is 2.23. The number of methoxy groups -OCH3 is 3. The molecule has 3 aromatic rings. The Labute approximate surface area is 185 Å². The van der Waals surface area contributed by atoms with Gasteiger partial charge >= 0.3 is 0 Å². The van der Waals surface area contributed by atoms with E-state index in [1.807, 2.05) is 0 Å². The quantitative estimate of drug-likeness (QED) is 0.577. The number of nitrogens with two attached hydrogens (primary N) is 1. The monoisotopic (exact) mass is 441 g/mol. The summed E-state index contributed by atoms with van der Waals surface area (Å²) in [5.41, 5.74) is 9.78. The molecule has 0 bridgehead atoms. The highest BCUT2D eigenvalue weighted by Crippen LogP contribution is 2.41. The number of pyridine rings is 1. The van der Waals surface area contributed by atoms with Crippen molar-refractivity contribution in [3.05, 3.63) is 34.3 Å². The van der Waals surface area contributed by atoms with E-state index in [1.54, 1.807) is 12.1 Å². The van der Waals surface area contributed by atoms with Crippen LogP contribution < -0.4 is 25.3 Å². The van der Waals surface area contributed by atoms with Crippen molar-refractivity contribution in [2.45, 2.75) is 32.6 Å². The van der Waals surface area contributed by atoms with Gasteiger partial charge in [0.2, 0.25) is 5.75 Å². The van der Waals surface area contributed by atoms with E-state index < -0.39 is 0 Å². The molecule has 7 nitrogen and oxygen atoms in total. The Balaban J connectivity index is 1.66. The van der Waals surface area contributed by atoms with Crippen LogP contribution in [0.3, 0.4) is 0 Å². The van der Waals surface area contributed by atoms with Crippen LogP contribution in [0.25, 0.3) is 10.2 Å². The summed E-state index contributed by atoms with van der Waals surface area (Å²) < 4.78 is 16.1. The van der Waals surface area contributed by atoms with Crippen LogP contribution in [0.15, 0.2) is 18.2 Å². The molecule has 1 amide bonds. The fourth-order valence-corrected chi connectivity index (χ4v) is 5.12. The number of rotatable bonds is 6. The molecule has 1 atom stereocenters. The van der Waals surface area contributed by atoms with Crippen molar-refractivity contribution in [3.8, 4) is 17.2 Å². The molecule has 4 rings (SSSR count). The molecule has 0 saturated carbocycles. The van der Waals surface area contributed by atoms with Crippen molar-refractivity contribution in [1.29, 1.82) is 0 Å². The maximum absolute atomic E-state index is 13.1. The van der Waals surface area contributed by atoms with Crippen molar-refractivity contribution >= 4 is 38.8 Å². The lowest BCUT2D eigenvalue weighted by Gasteiger charge is -2.22. The van der Waals surface area contributed by atoms with Gasteiger partial charge in [0.15, 0.2) is 11.5 Å². The van der Waals surface area contributed by atoms with E-state index in [1.165, 1.54) is 44.7 Å². The second-order valence-corrected chi connectivity index (χ2v) is 8.68. The van der Waals surface area contributed by atoms with Gasteiger partial charge in [0.25, 0.3) is 5.91 Å². The zero-order valence-corrected chi connectivity index (χ0v) is 19.0. The van der Waals surface area contributed by atoms with Crippen LogP contribution in [-0.4, -0.2) is 32.2 Å². The number of carbonyl (C=O) groups is 1. The summed E-state index contributed by atoms with van der Waals surface area (Å²) in [7, 11) is 4.60. The summed E-state index contributed by atoms with van der Waals surface area (Å²) in [6, 6.07) is 5.50. The van der Waals surface area contributed by atoms with E-state index in [0.29, 0.717) is 39.4 Å². The Morgan fingerprint density at radius 3 is 2.52 bits per heavy atom. The second-order valence-electron chi connectivity index (χ2n) is 7.68. The SMILES string of the molecule is CC[C@@H]1CCc2nc3sc(C(=O)Nc4cc(OC)c(OC)c(OC)c4)c(N)c3cc2C1. The number of nitrogen functional groups attached to an aromatic ring is 1. The molecule has 1 aromatic carbocycles. The van der Waals surface area contributed by atoms with Gasteiger partial charge in [-0.05, 0) is 36.8 Å². The molecule has 0 spiro atoms. The average molecular weight is 442 g/mol. The molecular weight excluding hydrogens is 414 g/mol. The maximum Gasteiger partial charge on any atom is 0.267 e. The van der Waals surface area contributed by atoms with Crippen LogP contribution in [0, 0.1) is 5.92 Å². The summed E-state index contributed by atoms with van der Waals surface area (Å²) in [5.74, 6) is 1.78. The van der Waals surface area contributed by atoms with Crippen LogP contribution >= 0.6 is 11.3 Å². The number of anilines is 2. The largest absolute Gasteiger partial charge is 0.493 e. The minimum absolute atomic E-state index is 0.292. The van der Waals surface area contributed by atoms with Gasteiger partial charge in [-0.2, -0.15) is 0 Å². The third kappa shape index (κ3) is 3.87. The zero-order valence-electron chi connectivity index (χ0n) is 18.2. The average Bonchev–Trinajstić information content (AvgIpc) is 3.11. The lowest BCUT2D eigenvalue weighted by atomic mass is 9.85. The molecule has 8 heteroatoms. The molecule has 1 aliphatic carbocycles. The van der Waals surface area contributed by atoms with Crippen LogP contribution in [0.1, 0.15) is 40.7 Å². The van der Waals surface area contributed by atoms with E-state index in [-0.39, 0.29) is 5.91 Å². The molecular formula is C23H27N3O4S. The molecule has 0 unspecified atom stereocenters. The highest BCUT2D eigenvalue weighted by molar-refractivity contribution is 7.21. The van der Waals surface area contributed by atoms with Gasteiger partial charge in [-0.25, -0.2) is 4.98 Å². The molecule has 1 aliphatic rings. The highest BCUT2D eigenvalue weighted by atomic mass is 32.1. The normalized spacial score (nSPS) is 15.4. The number of ether oxygens (including phenoxy) is 3. The Bertz CT molecular complexity index is 1120. The molecule has 164 valence electrons. The number of carbonyl (C=O) groups excluding carboxylic acids is 1. The van der Waals surface area contributed by atoms with Gasteiger partial charge in [-0.3, -0.25) is 4.79 Å². The fourth-order valence-electron chi connectivity index (χ4n) is 4.12.